The molecule has 0 unspecified atom stereocenters. The van der Waals surface area contributed by atoms with Crippen molar-refractivity contribution in [3.8, 4) is 5.75 Å². The molecule has 1 aromatic rings. The van der Waals surface area contributed by atoms with Gasteiger partial charge in [-0.1, -0.05) is 12.7 Å². The summed E-state index contributed by atoms with van der Waals surface area (Å²) < 4.78 is 19.9. The SMILES string of the molecule is C=C(c1ccc(OC(C)C)c(F)c1)N1CCC(N(C)CCN(C)/C(C)=C\C=C\C=O)CC1. The number of hydrogen-bond acceptors (Lipinski definition) is 5. The van der Waals surface area contributed by atoms with Gasteiger partial charge in [-0.05, 0) is 71.0 Å². The molecule has 1 aromatic carbocycles. The molecule has 1 fully saturated rings. The predicted molar refractivity (Wildman–Crippen MR) is 130 cm³/mol. The van der Waals surface area contributed by atoms with Crippen LogP contribution in [-0.2, 0) is 4.79 Å². The highest BCUT2D eigenvalue weighted by Crippen LogP contribution is 2.27. The molecule has 0 radical (unpaired) electrons. The normalized spacial score (nSPS) is 15.6. The van der Waals surface area contributed by atoms with E-state index < -0.39 is 0 Å². The topological polar surface area (TPSA) is 36.0 Å². The third-order valence-corrected chi connectivity index (χ3v) is 6.01. The first-order valence-electron chi connectivity index (χ1n) is 11.3. The number of likely N-dealkylation sites (N-methyl/N-ethyl adjacent to an activating group) is 2. The Bertz CT molecular complexity index is 826. The Morgan fingerprint density at radius 3 is 2.53 bits per heavy atom. The highest BCUT2D eigenvalue weighted by molar-refractivity contribution is 5.65. The van der Waals surface area contributed by atoms with Crippen LogP contribution in [-0.4, -0.2) is 73.4 Å². The standard InChI is InChI=1S/C26H38FN3O2/c1-20(2)32-26-11-10-23(19-25(26)27)22(4)30-14-12-24(13-15-30)29(6)17-16-28(5)21(3)9-7-8-18-31/h7-11,18-20,24H,4,12-17H2,1-3,5-6H3/b8-7+,21-9-. The van der Waals surface area contributed by atoms with Crippen LogP contribution >= 0.6 is 0 Å². The van der Waals surface area contributed by atoms with Crippen LogP contribution in [0.25, 0.3) is 5.70 Å². The maximum Gasteiger partial charge on any atom is 0.165 e. The van der Waals surface area contributed by atoms with Gasteiger partial charge in [0.2, 0.25) is 0 Å². The van der Waals surface area contributed by atoms with Crippen LogP contribution in [0.2, 0.25) is 0 Å². The van der Waals surface area contributed by atoms with E-state index in [2.05, 4.69) is 35.4 Å². The third kappa shape index (κ3) is 7.52. The number of carbonyl (C=O) groups is 1. The molecule has 0 amide bonds. The number of hydrogen-bond donors (Lipinski definition) is 0. The monoisotopic (exact) mass is 443 g/mol. The summed E-state index contributed by atoms with van der Waals surface area (Å²) in [5.74, 6) is -0.0613. The second kappa shape index (κ2) is 12.4. The summed E-state index contributed by atoms with van der Waals surface area (Å²) in [7, 11) is 4.24. The fourth-order valence-electron chi connectivity index (χ4n) is 3.82. The van der Waals surface area contributed by atoms with Crippen molar-refractivity contribution < 1.29 is 13.9 Å². The van der Waals surface area contributed by atoms with Crippen LogP contribution in [0.5, 0.6) is 5.75 Å². The summed E-state index contributed by atoms with van der Waals surface area (Å²) in [4.78, 5) is 17.3. The first-order valence-corrected chi connectivity index (χ1v) is 11.3. The number of nitrogens with zero attached hydrogens (tertiary/aromatic N) is 3. The summed E-state index contributed by atoms with van der Waals surface area (Å²) in [5.41, 5.74) is 2.79. The minimum Gasteiger partial charge on any atom is -0.488 e. The zero-order valence-corrected chi connectivity index (χ0v) is 20.2. The first-order chi connectivity index (χ1) is 15.2. The minimum absolute atomic E-state index is 0.0615. The van der Waals surface area contributed by atoms with E-state index in [4.69, 9.17) is 4.74 Å². The molecule has 0 aromatic heterocycles. The molecule has 5 nitrogen and oxygen atoms in total. The van der Waals surface area contributed by atoms with Crippen molar-refractivity contribution in [1.82, 2.24) is 14.7 Å². The molecule has 176 valence electrons. The number of carbonyl (C=O) groups excluding carboxylic acids is 1. The van der Waals surface area contributed by atoms with Crippen LogP contribution in [0.15, 0.2) is 48.7 Å². The van der Waals surface area contributed by atoms with Crippen LogP contribution < -0.4 is 4.74 Å². The molecule has 1 heterocycles. The van der Waals surface area contributed by atoms with Crippen LogP contribution in [0.3, 0.4) is 0 Å². The lowest BCUT2D eigenvalue weighted by molar-refractivity contribution is -0.104. The number of likely N-dealkylation sites (tertiary alicyclic amines) is 1. The fourth-order valence-corrected chi connectivity index (χ4v) is 3.82. The van der Waals surface area contributed by atoms with Gasteiger partial charge in [-0.3, -0.25) is 4.79 Å². The van der Waals surface area contributed by atoms with E-state index in [-0.39, 0.29) is 17.7 Å². The Morgan fingerprint density at radius 2 is 1.94 bits per heavy atom. The van der Waals surface area contributed by atoms with E-state index in [9.17, 15) is 9.18 Å². The highest BCUT2D eigenvalue weighted by Gasteiger charge is 2.24. The maximum absolute atomic E-state index is 14.4. The van der Waals surface area contributed by atoms with Gasteiger partial charge >= 0.3 is 0 Å². The van der Waals surface area contributed by atoms with Gasteiger partial charge in [0.1, 0.15) is 6.29 Å². The third-order valence-electron chi connectivity index (χ3n) is 6.01. The Labute approximate surface area is 192 Å². The van der Waals surface area contributed by atoms with Crippen molar-refractivity contribution in [2.75, 3.05) is 40.3 Å². The summed E-state index contributed by atoms with van der Waals surface area (Å²) in [5, 5.41) is 0. The second-order valence-electron chi connectivity index (χ2n) is 8.71. The number of benzene rings is 1. The van der Waals surface area contributed by atoms with Crippen molar-refractivity contribution in [2.24, 2.45) is 0 Å². The van der Waals surface area contributed by atoms with E-state index in [0.717, 1.165) is 62.3 Å². The quantitative estimate of drug-likeness (QED) is 0.284. The lowest BCUT2D eigenvalue weighted by Crippen LogP contribution is -2.44. The van der Waals surface area contributed by atoms with E-state index in [0.29, 0.717) is 6.04 Å². The summed E-state index contributed by atoms with van der Waals surface area (Å²) >= 11 is 0. The van der Waals surface area contributed by atoms with Crippen molar-refractivity contribution in [3.63, 3.8) is 0 Å². The first kappa shape index (κ1) is 25.7. The Balaban J connectivity index is 1.84. The average molecular weight is 444 g/mol. The largest absolute Gasteiger partial charge is 0.488 e. The minimum atomic E-state index is -0.345. The zero-order chi connectivity index (χ0) is 23.7. The molecule has 0 N–H and O–H groups in total. The molecule has 32 heavy (non-hydrogen) atoms. The number of piperidine rings is 1. The average Bonchev–Trinajstić information content (AvgIpc) is 2.78. The van der Waals surface area contributed by atoms with E-state index in [1.54, 1.807) is 12.1 Å². The van der Waals surface area contributed by atoms with Gasteiger partial charge in [0.25, 0.3) is 0 Å². The van der Waals surface area contributed by atoms with Gasteiger partial charge in [-0.2, -0.15) is 0 Å². The molecule has 6 heteroatoms. The Kier molecular flexibility index (Phi) is 9.97. The number of allylic oxidation sites excluding steroid dienone is 4. The molecule has 0 aliphatic carbocycles. The predicted octanol–water partition coefficient (Wildman–Crippen LogP) is 4.57. The van der Waals surface area contributed by atoms with E-state index >= 15 is 0 Å². The summed E-state index contributed by atoms with van der Waals surface area (Å²) in [6, 6.07) is 5.62. The van der Waals surface area contributed by atoms with E-state index in [1.165, 1.54) is 12.1 Å². The van der Waals surface area contributed by atoms with Gasteiger partial charge in [0.15, 0.2) is 11.6 Å². The molecule has 0 bridgehead atoms. The molecule has 1 aliphatic rings. The van der Waals surface area contributed by atoms with Gasteiger partial charge in [-0.15, -0.1) is 0 Å². The summed E-state index contributed by atoms with van der Waals surface area (Å²) in [6.45, 7) is 13.7. The van der Waals surface area contributed by atoms with Crippen LogP contribution in [0.1, 0.15) is 39.2 Å². The van der Waals surface area contributed by atoms with Gasteiger partial charge in [0.05, 0.1) is 6.10 Å². The molecule has 2 rings (SSSR count). The number of ether oxygens (including phenoxy) is 1. The van der Waals surface area contributed by atoms with Crippen molar-refractivity contribution >= 4 is 12.0 Å². The lowest BCUT2D eigenvalue weighted by atomic mass is 10.0. The van der Waals surface area contributed by atoms with Gasteiger partial charge in [-0.25, -0.2) is 4.39 Å². The molecule has 0 spiro atoms. The second-order valence-corrected chi connectivity index (χ2v) is 8.71. The number of aldehydes is 1. The molecule has 1 saturated heterocycles. The zero-order valence-electron chi connectivity index (χ0n) is 20.2. The molecule has 0 saturated carbocycles. The molecular formula is C26H38FN3O2. The Morgan fingerprint density at radius 1 is 1.25 bits per heavy atom. The van der Waals surface area contributed by atoms with Crippen LogP contribution in [0, 0.1) is 5.82 Å². The highest BCUT2D eigenvalue weighted by atomic mass is 19.1. The summed E-state index contributed by atoms with van der Waals surface area (Å²) in [6.07, 6.45) is 8.03. The lowest BCUT2D eigenvalue weighted by Gasteiger charge is -2.39. The van der Waals surface area contributed by atoms with E-state index in [1.807, 2.05) is 32.9 Å². The number of halogens is 1. The van der Waals surface area contributed by atoms with Crippen molar-refractivity contribution in [1.29, 1.82) is 0 Å². The molecule has 1 aliphatic heterocycles. The smallest absolute Gasteiger partial charge is 0.165 e. The fraction of sp³-hybridized carbons (Fsp3) is 0.500. The van der Waals surface area contributed by atoms with Gasteiger partial charge < -0.3 is 19.4 Å². The van der Waals surface area contributed by atoms with Crippen molar-refractivity contribution in [2.45, 2.75) is 45.8 Å². The number of rotatable bonds is 11. The van der Waals surface area contributed by atoms with Crippen molar-refractivity contribution in [3.05, 3.63) is 60.1 Å². The van der Waals surface area contributed by atoms with Gasteiger partial charge in [0, 0.05) is 56.2 Å². The molecule has 0 atom stereocenters. The maximum atomic E-state index is 14.4. The van der Waals surface area contributed by atoms with Crippen LogP contribution in [0.4, 0.5) is 4.39 Å². The molecular weight excluding hydrogens is 405 g/mol. The Hall–Kier alpha value is -2.60.